The monoisotopic (exact) mass is 1520 g/mol. The Kier molecular flexibility index (Phi) is 36.2. The van der Waals surface area contributed by atoms with Gasteiger partial charge in [-0.15, -0.1) is 0 Å². The topological polar surface area (TPSA) is 582 Å². The van der Waals surface area contributed by atoms with Crippen molar-refractivity contribution in [2.24, 2.45) is 52.3 Å². The number of nitrogens with two attached hydrogens (primary N) is 5. The maximum absolute atomic E-state index is 15.0. The zero-order valence-electron chi connectivity index (χ0n) is 63.5. The molecule has 0 radical (unpaired) electrons. The van der Waals surface area contributed by atoms with E-state index in [0.29, 0.717) is 36.8 Å². The summed E-state index contributed by atoms with van der Waals surface area (Å²) < 4.78 is 0. The third-order valence-corrected chi connectivity index (χ3v) is 18.6. The van der Waals surface area contributed by atoms with Crippen molar-refractivity contribution in [3.05, 3.63) is 102 Å². The number of aromatic amines is 2. The summed E-state index contributed by atoms with van der Waals surface area (Å²) in [5.41, 5.74) is 32.4. The molecule has 34 heteroatoms. The molecule has 0 aliphatic rings. The van der Waals surface area contributed by atoms with E-state index in [9.17, 15) is 58.2 Å². The average molecular weight is 1520 g/mol. The minimum atomic E-state index is -1.53. The minimum absolute atomic E-state index is 0.0144. The van der Waals surface area contributed by atoms with E-state index in [1.165, 1.54) is 24.3 Å². The van der Waals surface area contributed by atoms with Crippen molar-refractivity contribution in [1.29, 1.82) is 10.8 Å². The number of para-hydroxylation sites is 2. The first-order chi connectivity index (χ1) is 51.7. The molecule has 11 atom stereocenters. The molecule has 5 aromatic rings. The molecule has 0 unspecified atom stereocenters. The summed E-state index contributed by atoms with van der Waals surface area (Å²) in [5, 5.41) is 69.6. The molecular formula is C75H115N21O13. The number of unbranched alkanes of at least 4 members (excludes halogenated alkanes) is 2. The Hall–Kier alpha value is -10.9. The number of H-pyrrole nitrogens is 2. The molecule has 28 N–H and O–H groups in total. The molecule has 0 bridgehead atoms. The van der Waals surface area contributed by atoms with Crippen molar-refractivity contribution in [1.82, 2.24) is 73.8 Å². The number of guanidine groups is 2. The van der Waals surface area contributed by atoms with Crippen molar-refractivity contribution >= 4 is 98.8 Å². The molecule has 0 saturated heterocycles. The number of rotatable bonds is 47. The third-order valence-electron chi connectivity index (χ3n) is 18.6. The van der Waals surface area contributed by atoms with Crippen LogP contribution in [0.5, 0.6) is 5.75 Å². The van der Waals surface area contributed by atoms with Gasteiger partial charge < -0.3 is 113 Å². The molecule has 0 fully saturated rings. The lowest BCUT2D eigenvalue weighted by molar-refractivity contribution is -0.142. The quantitative estimate of drug-likeness (QED) is 0.0139. The number of carbonyl (C=O) groups excluding carboxylic acids is 10. The van der Waals surface area contributed by atoms with Gasteiger partial charge in [0.05, 0.1) is 6.04 Å². The highest BCUT2D eigenvalue weighted by Crippen LogP contribution is 2.23. The molecule has 3 aromatic carbocycles. The summed E-state index contributed by atoms with van der Waals surface area (Å²) in [6.07, 6.45) is 4.87. The Morgan fingerprint density at radius 3 is 1.11 bits per heavy atom. The fourth-order valence-corrected chi connectivity index (χ4v) is 12.3. The molecule has 0 aliphatic carbocycles. The zero-order valence-corrected chi connectivity index (χ0v) is 63.5. The van der Waals surface area contributed by atoms with Gasteiger partial charge in [0.25, 0.3) is 0 Å². The second-order valence-electron chi connectivity index (χ2n) is 28.8. The van der Waals surface area contributed by atoms with Crippen molar-refractivity contribution in [3.8, 4) is 5.75 Å². The third kappa shape index (κ3) is 28.7. The van der Waals surface area contributed by atoms with Gasteiger partial charge >= 0.3 is 5.97 Å². The van der Waals surface area contributed by atoms with Crippen LogP contribution in [0.1, 0.15) is 136 Å². The summed E-state index contributed by atoms with van der Waals surface area (Å²) in [6, 6.07) is 5.90. The summed E-state index contributed by atoms with van der Waals surface area (Å²) in [6.45, 7) is 14.1. The number of carbonyl (C=O) groups is 11. The molecule has 0 saturated carbocycles. The number of phenols is 1. The lowest BCUT2D eigenvalue weighted by Gasteiger charge is -2.31. The Morgan fingerprint density at radius 2 is 0.716 bits per heavy atom. The van der Waals surface area contributed by atoms with E-state index >= 15 is 4.79 Å². The van der Waals surface area contributed by atoms with Crippen LogP contribution in [-0.2, 0) is 72.0 Å². The van der Waals surface area contributed by atoms with Crippen LogP contribution in [0.15, 0.2) is 85.2 Å². The normalized spacial score (nSPS) is 14.4. The van der Waals surface area contributed by atoms with Crippen LogP contribution in [0.2, 0.25) is 0 Å². The van der Waals surface area contributed by atoms with E-state index in [1.807, 2.05) is 42.5 Å². The molecule has 5 rings (SSSR count). The van der Waals surface area contributed by atoms with Gasteiger partial charge in [0.2, 0.25) is 59.1 Å². The van der Waals surface area contributed by atoms with Gasteiger partial charge in [-0.1, -0.05) is 104 Å². The van der Waals surface area contributed by atoms with Gasteiger partial charge in [-0.3, -0.25) is 58.8 Å². The molecule has 2 aromatic heterocycles. The van der Waals surface area contributed by atoms with Crippen molar-refractivity contribution < 1.29 is 63.0 Å². The van der Waals surface area contributed by atoms with Crippen LogP contribution in [-0.4, -0.2) is 190 Å². The van der Waals surface area contributed by atoms with Crippen molar-refractivity contribution in [3.63, 3.8) is 0 Å². The number of phenolic OH excluding ortho intramolecular Hbond substituents is 1. The van der Waals surface area contributed by atoms with E-state index in [-0.39, 0.29) is 102 Å². The van der Waals surface area contributed by atoms with Gasteiger partial charge in [0.15, 0.2) is 11.9 Å². The fourth-order valence-electron chi connectivity index (χ4n) is 12.3. The van der Waals surface area contributed by atoms with Crippen LogP contribution < -0.4 is 92.5 Å². The second kappa shape index (κ2) is 44.4. The second-order valence-corrected chi connectivity index (χ2v) is 28.8. The number of nitrogens with one attached hydrogen (secondary N) is 16. The smallest absolute Gasteiger partial charge is 0.326 e. The molecule has 0 aliphatic heterocycles. The maximum atomic E-state index is 15.0. The number of carboxylic acid groups (broad SMARTS) is 1. The minimum Gasteiger partial charge on any atom is -0.508 e. The summed E-state index contributed by atoms with van der Waals surface area (Å²) in [4.78, 5) is 164. The van der Waals surface area contributed by atoms with Crippen molar-refractivity contribution in [2.45, 2.75) is 205 Å². The van der Waals surface area contributed by atoms with E-state index in [4.69, 9.17) is 39.5 Å². The molecular weight excluding hydrogens is 1400 g/mol. The maximum Gasteiger partial charge on any atom is 0.326 e. The van der Waals surface area contributed by atoms with Crippen LogP contribution in [0.25, 0.3) is 21.8 Å². The van der Waals surface area contributed by atoms with E-state index in [2.05, 4.69) is 73.8 Å². The predicted molar refractivity (Wildman–Crippen MR) is 414 cm³/mol. The first kappa shape index (κ1) is 88.8. The lowest BCUT2D eigenvalue weighted by atomic mass is 9.97. The first-order valence-corrected chi connectivity index (χ1v) is 37.2. The summed E-state index contributed by atoms with van der Waals surface area (Å²) >= 11 is 0. The van der Waals surface area contributed by atoms with E-state index in [0.717, 1.165) is 27.4 Å². The predicted octanol–water partition coefficient (Wildman–Crippen LogP) is 0.0511. The van der Waals surface area contributed by atoms with Crippen LogP contribution in [0.3, 0.4) is 0 Å². The Morgan fingerprint density at radius 1 is 0.394 bits per heavy atom. The average Bonchev–Trinajstić information content (AvgIpc) is 1.70. The number of aliphatic carboxylic acids is 1. The van der Waals surface area contributed by atoms with E-state index < -0.39 is 155 Å². The number of aromatic hydroxyl groups is 1. The largest absolute Gasteiger partial charge is 0.508 e. The fraction of sp³-hybridized carbons (Fsp3) is 0.533. The first-order valence-electron chi connectivity index (χ1n) is 37.2. The van der Waals surface area contributed by atoms with Gasteiger partial charge in [0.1, 0.15) is 66.2 Å². The van der Waals surface area contributed by atoms with Crippen LogP contribution in [0.4, 0.5) is 0 Å². The van der Waals surface area contributed by atoms with Gasteiger partial charge in [-0.2, -0.15) is 0 Å². The number of amides is 10. The zero-order chi connectivity index (χ0) is 80.6. The highest BCUT2D eigenvalue weighted by Gasteiger charge is 2.39. The number of benzene rings is 3. The molecule has 2 heterocycles. The van der Waals surface area contributed by atoms with Gasteiger partial charge in [-0.25, -0.2) is 4.79 Å². The highest BCUT2D eigenvalue weighted by molar-refractivity contribution is 6.00. The molecule has 10 amide bonds. The summed E-state index contributed by atoms with van der Waals surface area (Å²) in [7, 11) is 0. The van der Waals surface area contributed by atoms with Gasteiger partial charge in [-0.05, 0) is 148 Å². The lowest BCUT2D eigenvalue weighted by Crippen LogP contribution is -2.62. The SMILES string of the molecule is CC(C)[C@H](NC(=O)[C@H](Cc1c[nH]c2ccccc12)NC(=O)[C@@H](NC(=O)[C@@H](NC(=O)[C@@H](N)Cc1c[nH]c2ccccc12)C(C)C)C(C)C)C(=O)N[C@H](C(=O)N[C@@H](Cc1ccc(O)cc1)C(=O)N[C@@H](CCCNC(=N)N)C(=O)N[C@@H](CCCCN)C(=O)N[C@@H](CCCCN)C(=O)N[C@@H](CCCNC(=N)N)C(=O)O)C(C)C. The number of aromatic nitrogens is 2. The number of hydrogen-bond acceptors (Lipinski definition) is 17. The molecule has 109 heavy (non-hydrogen) atoms. The van der Waals surface area contributed by atoms with Crippen LogP contribution in [0, 0.1) is 34.5 Å². The van der Waals surface area contributed by atoms with Crippen molar-refractivity contribution in [2.75, 3.05) is 26.2 Å². The van der Waals surface area contributed by atoms with E-state index in [1.54, 1.807) is 73.8 Å². The number of hydrogen-bond donors (Lipinski definition) is 23. The number of carboxylic acids is 1. The Balaban J connectivity index is 1.40. The Bertz CT molecular complexity index is 3880. The van der Waals surface area contributed by atoms with Gasteiger partial charge in [0, 0.05) is 60.1 Å². The van der Waals surface area contributed by atoms with Crippen LogP contribution >= 0.6 is 0 Å². The highest BCUT2D eigenvalue weighted by atomic mass is 16.4. The standard InChI is InChI=1S/C75H115N21O13/c1-40(2)59(96-72(107)62(43(7)8)94-68(103)58(37-46-39-86-52-22-12-10-20-49(46)52)92-70(105)60(41(3)4)95-71(106)61(42(5)6)93-63(98)50(78)36-45-38-85-51-21-11-9-19-48(45)51)69(104)91-57(35-44-27-29-47(97)30-28-44)67(102)89-55(25-17-33-83-74(79)80)65(100)87-53(23-13-15-31-76)64(99)88-54(24-14-16-32-77)66(101)90-56(73(108)109)26-18-34-84-75(81)82/h9-12,19-22,27-30,38-43,50,53-62,85-86,97H,13-18,23-26,31-37,76-78H2,1-8H3,(H,87,100)(H,88,99)(H,89,102)(H,90,101)(H,91,104)(H,92,105)(H,93,98)(H,94,103)(H,95,106)(H,96,107)(H,108,109)(H4,79,80,83)(H4,81,82,84)/t50-,53-,54-,55-,56-,57-,58-,59-,60-,61-,62-/m0/s1. The molecule has 34 nitrogen and oxygen atoms in total. The summed E-state index contributed by atoms with van der Waals surface area (Å²) in [5.74, 6) is -12.6. The molecule has 0 spiro atoms. The molecule has 598 valence electrons. The number of fused-ring (bicyclic) bond motifs is 2. The Labute approximate surface area is 635 Å².